The molecule has 1 amide bonds. The Kier molecular flexibility index (Phi) is 4.99. The van der Waals surface area contributed by atoms with Gasteiger partial charge in [-0.15, -0.1) is 0 Å². The molecule has 3 N–H and O–H groups in total. The molecule has 0 aliphatic carbocycles. The molecule has 0 radical (unpaired) electrons. The van der Waals surface area contributed by atoms with E-state index in [0.717, 1.165) is 5.69 Å². The van der Waals surface area contributed by atoms with Crippen LogP contribution in [0.25, 0.3) is 0 Å². The number of amides is 1. The van der Waals surface area contributed by atoms with E-state index < -0.39 is 23.9 Å². The van der Waals surface area contributed by atoms with Crippen LogP contribution in [0.1, 0.15) is 28.9 Å². The van der Waals surface area contributed by atoms with Crippen LogP contribution in [-0.4, -0.2) is 39.1 Å². The summed E-state index contributed by atoms with van der Waals surface area (Å²) >= 11 is 0. The van der Waals surface area contributed by atoms with Gasteiger partial charge in [0.15, 0.2) is 0 Å². The fourth-order valence-corrected chi connectivity index (χ4v) is 1.37. The van der Waals surface area contributed by atoms with Crippen LogP contribution < -0.4 is 5.32 Å². The number of nitrogens with zero attached hydrogens (tertiary/aromatic N) is 1. The molecule has 19 heavy (non-hydrogen) atoms. The molecule has 1 aromatic rings. The van der Waals surface area contributed by atoms with E-state index in [1.807, 2.05) is 0 Å². The monoisotopic (exact) mass is 266 g/mol. The summed E-state index contributed by atoms with van der Waals surface area (Å²) < 4.78 is 0. The molecular formula is C12H14N2O5. The van der Waals surface area contributed by atoms with E-state index in [2.05, 4.69) is 10.3 Å². The van der Waals surface area contributed by atoms with Crippen LogP contribution in [0.4, 0.5) is 0 Å². The summed E-state index contributed by atoms with van der Waals surface area (Å²) in [6, 6.07) is 1.92. The summed E-state index contributed by atoms with van der Waals surface area (Å²) in [6.45, 7) is 1.76. The van der Waals surface area contributed by atoms with E-state index in [-0.39, 0.29) is 18.4 Å². The predicted molar refractivity (Wildman–Crippen MR) is 64.7 cm³/mol. The number of carbonyl (C=O) groups is 3. The molecule has 1 unspecified atom stereocenters. The Morgan fingerprint density at radius 1 is 1.32 bits per heavy atom. The number of aryl methyl sites for hydroxylation is 1. The SMILES string of the molecule is Cc1ccc(C(=O)NC(CCC(=O)O)C(=O)O)cn1. The maximum absolute atomic E-state index is 11.8. The van der Waals surface area contributed by atoms with E-state index in [1.165, 1.54) is 12.3 Å². The van der Waals surface area contributed by atoms with Gasteiger partial charge in [0.1, 0.15) is 6.04 Å². The molecular weight excluding hydrogens is 252 g/mol. The summed E-state index contributed by atoms with van der Waals surface area (Å²) in [4.78, 5) is 37.0. The van der Waals surface area contributed by atoms with Gasteiger partial charge in [0.2, 0.25) is 0 Å². The van der Waals surface area contributed by atoms with Crippen LogP contribution in [0.2, 0.25) is 0 Å². The third kappa shape index (κ3) is 4.74. The van der Waals surface area contributed by atoms with E-state index >= 15 is 0 Å². The summed E-state index contributed by atoms with van der Waals surface area (Å²) in [7, 11) is 0. The number of hydrogen-bond donors (Lipinski definition) is 3. The number of aromatic nitrogens is 1. The van der Waals surface area contributed by atoms with Crippen molar-refractivity contribution in [2.24, 2.45) is 0 Å². The van der Waals surface area contributed by atoms with Gasteiger partial charge in [-0.3, -0.25) is 14.6 Å². The lowest BCUT2D eigenvalue weighted by Gasteiger charge is -2.13. The molecule has 7 nitrogen and oxygen atoms in total. The van der Waals surface area contributed by atoms with Gasteiger partial charge in [-0.2, -0.15) is 0 Å². The Bertz CT molecular complexity index is 483. The molecule has 0 bridgehead atoms. The Hall–Kier alpha value is -2.44. The highest BCUT2D eigenvalue weighted by atomic mass is 16.4. The molecule has 0 saturated carbocycles. The van der Waals surface area contributed by atoms with Crippen LogP contribution in [0.5, 0.6) is 0 Å². The summed E-state index contributed by atoms with van der Waals surface area (Å²) in [5.74, 6) is -2.97. The second-order valence-electron chi connectivity index (χ2n) is 3.98. The van der Waals surface area contributed by atoms with Crippen molar-refractivity contribution in [2.45, 2.75) is 25.8 Å². The first-order valence-corrected chi connectivity index (χ1v) is 5.58. The minimum atomic E-state index is -1.27. The Morgan fingerprint density at radius 2 is 2.00 bits per heavy atom. The highest BCUT2D eigenvalue weighted by Gasteiger charge is 2.21. The van der Waals surface area contributed by atoms with Gasteiger partial charge in [0.05, 0.1) is 5.56 Å². The number of carboxylic acids is 2. The minimum Gasteiger partial charge on any atom is -0.481 e. The number of carbonyl (C=O) groups excluding carboxylic acids is 1. The summed E-state index contributed by atoms with van der Waals surface area (Å²) in [5.41, 5.74) is 0.962. The van der Waals surface area contributed by atoms with Crippen LogP contribution in [0, 0.1) is 6.92 Å². The molecule has 1 heterocycles. The first-order valence-electron chi connectivity index (χ1n) is 5.58. The van der Waals surface area contributed by atoms with Gasteiger partial charge in [-0.25, -0.2) is 4.79 Å². The lowest BCUT2D eigenvalue weighted by molar-refractivity contribution is -0.140. The topological polar surface area (TPSA) is 117 Å². The number of carboxylic acid groups (broad SMARTS) is 2. The van der Waals surface area contributed by atoms with Crippen molar-refractivity contribution in [3.05, 3.63) is 29.6 Å². The normalized spacial score (nSPS) is 11.6. The molecule has 1 atom stereocenters. The highest BCUT2D eigenvalue weighted by molar-refractivity contribution is 5.96. The van der Waals surface area contributed by atoms with Crippen molar-refractivity contribution in [3.63, 3.8) is 0 Å². The molecule has 0 aliphatic rings. The first kappa shape index (κ1) is 14.6. The second kappa shape index (κ2) is 6.48. The first-order chi connectivity index (χ1) is 8.90. The largest absolute Gasteiger partial charge is 0.481 e. The van der Waals surface area contributed by atoms with Crippen LogP contribution in [-0.2, 0) is 9.59 Å². The highest BCUT2D eigenvalue weighted by Crippen LogP contribution is 2.03. The van der Waals surface area contributed by atoms with Gasteiger partial charge in [0, 0.05) is 18.3 Å². The van der Waals surface area contributed by atoms with Gasteiger partial charge in [-0.1, -0.05) is 0 Å². The Labute approximate surface area is 109 Å². The van der Waals surface area contributed by atoms with Crippen molar-refractivity contribution in [3.8, 4) is 0 Å². The van der Waals surface area contributed by atoms with Crippen LogP contribution in [0.3, 0.4) is 0 Å². The average molecular weight is 266 g/mol. The minimum absolute atomic E-state index is 0.171. The Balaban J connectivity index is 2.68. The number of aliphatic carboxylic acids is 2. The molecule has 0 fully saturated rings. The third-order valence-corrected chi connectivity index (χ3v) is 2.42. The zero-order chi connectivity index (χ0) is 14.4. The van der Waals surface area contributed by atoms with Crippen LogP contribution in [0.15, 0.2) is 18.3 Å². The van der Waals surface area contributed by atoms with Gasteiger partial charge in [-0.05, 0) is 25.5 Å². The third-order valence-electron chi connectivity index (χ3n) is 2.42. The smallest absolute Gasteiger partial charge is 0.326 e. The predicted octanol–water partition coefficient (Wildman–Crippen LogP) is 0.438. The molecule has 0 spiro atoms. The van der Waals surface area contributed by atoms with Crippen molar-refractivity contribution in [1.82, 2.24) is 10.3 Å². The summed E-state index contributed by atoms with van der Waals surface area (Å²) in [6.07, 6.45) is 0.833. The lowest BCUT2D eigenvalue weighted by atomic mass is 10.1. The quantitative estimate of drug-likeness (QED) is 0.687. The van der Waals surface area contributed by atoms with Crippen molar-refractivity contribution < 1.29 is 24.6 Å². The summed E-state index contributed by atoms with van der Waals surface area (Å²) in [5, 5.41) is 19.7. The zero-order valence-corrected chi connectivity index (χ0v) is 10.3. The number of hydrogen-bond acceptors (Lipinski definition) is 4. The van der Waals surface area contributed by atoms with Gasteiger partial charge >= 0.3 is 11.9 Å². The van der Waals surface area contributed by atoms with E-state index in [9.17, 15) is 14.4 Å². The van der Waals surface area contributed by atoms with Crippen molar-refractivity contribution >= 4 is 17.8 Å². The fourth-order valence-electron chi connectivity index (χ4n) is 1.37. The van der Waals surface area contributed by atoms with Crippen molar-refractivity contribution in [1.29, 1.82) is 0 Å². The fraction of sp³-hybridized carbons (Fsp3) is 0.333. The molecule has 0 aliphatic heterocycles. The molecule has 7 heteroatoms. The van der Waals surface area contributed by atoms with E-state index in [1.54, 1.807) is 13.0 Å². The van der Waals surface area contributed by atoms with Crippen molar-refractivity contribution in [2.75, 3.05) is 0 Å². The lowest BCUT2D eigenvalue weighted by Crippen LogP contribution is -2.41. The number of rotatable bonds is 6. The molecule has 102 valence electrons. The number of nitrogens with one attached hydrogen (secondary N) is 1. The molecule has 0 saturated heterocycles. The number of pyridine rings is 1. The molecule has 1 aromatic heterocycles. The maximum Gasteiger partial charge on any atom is 0.326 e. The van der Waals surface area contributed by atoms with Gasteiger partial charge < -0.3 is 15.5 Å². The standard InChI is InChI=1S/C12H14N2O5/c1-7-2-3-8(6-13-7)11(17)14-9(12(18)19)4-5-10(15)16/h2-3,6,9H,4-5H2,1H3,(H,14,17)(H,15,16)(H,18,19). The molecule has 0 aromatic carbocycles. The van der Waals surface area contributed by atoms with E-state index in [0.29, 0.717) is 0 Å². The van der Waals surface area contributed by atoms with Crippen LogP contribution >= 0.6 is 0 Å². The maximum atomic E-state index is 11.8. The zero-order valence-electron chi connectivity index (χ0n) is 10.3. The second-order valence-corrected chi connectivity index (χ2v) is 3.98. The average Bonchev–Trinajstić information content (AvgIpc) is 2.34. The van der Waals surface area contributed by atoms with E-state index in [4.69, 9.17) is 10.2 Å². The van der Waals surface area contributed by atoms with Gasteiger partial charge in [0.25, 0.3) is 5.91 Å². The molecule has 1 rings (SSSR count). The Morgan fingerprint density at radius 3 is 2.47 bits per heavy atom.